The van der Waals surface area contributed by atoms with Crippen molar-refractivity contribution in [3.63, 3.8) is 0 Å². The molecule has 7 nitrogen and oxygen atoms in total. The van der Waals surface area contributed by atoms with Crippen molar-refractivity contribution < 1.29 is 24.2 Å². The van der Waals surface area contributed by atoms with Gasteiger partial charge in [-0.25, -0.2) is 9.37 Å². The first-order valence-corrected chi connectivity index (χ1v) is 9.72. The van der Waals surface area contributed by atoms with Gasteiger partial charge in [0.15, 0.2) is 5.78 Å². The van der Waals surface area contributed by atoms with Crippen LogP contribution in [0.1, 0.15) is 22.5 Å². The molecule has 1 amide bonds. The van der Waals surface area contributed by atoms with Crippen LogP contribution in [0.4, 0.5) is 4.39 Å². The smallest absolute Gasteiger partial charge is 0.223 e. The van der Waals surface area contributed by atoms with E-state index in [9.17, 15) is 19.1 Å². The number of ketones is 1. The minimum Gasteiger partial charge on any atom is -0.394 e. The number of aromatic amines is 1. The fraction of sp³-hybridized carbons (Fsp3) is 0.286. The summed E-state index contributed by atoms with van der Waals surface area (Å²) >= 11 is 5.88. The molecule has 30 heavy (non-hydrogen) atoms. The topological polar surface area (TPSA) is 115 Å². The number of benzene rings is 1. The molecule has 2 heterocycles. The predicted molar refractivity (Wildman–Crippen MR) is 110 cm³/mol. The van der Waals surface area contributed by atoms with Crippen molar-refractivity contribution in [2.45, 2.75) is 18.9 Å². The Balaban J connectivity index is 1.77. The lowest BCUT2D eigenvalue weighted by Crippen LogP contribution is -2.39. The van der Waals surface area contributed by atoms with E-state index in [-0.39, 0.29) is 25.2 Å². The predicted octanol–water partition coefficient (Wildman–Crippen LogP) is 2.26. The molecule has 3 rings (SSSR count). The van der Waals surface area contributed by atoms with Gasteiger partial charge in [0, 0.05) is 24.3 Å². The van der Waals surface area contributed by atoms with Crippen molar-refractivity contribution in [3.05, 3.63) is 64.8 Å². The molecule has 0 aliphatic rings. The molecule has 0 saturated heterocycles. The zero-order chi connectivity index (χ0) is 21.7. The maximum absolute atomic E-state index is 13.2. The van der Waals surface area contributed by atoms with Gasteiger partial charge in [0.25, 0.3) is 0 Å². The number of carbonyl (C=O) groups excluding carboxylic acids is 2. The lowest BCUT2D eigenvalue weighted by Gasteiger charge is -2.17. The number of Topliss-reactive ketones (excluding diaryl/α,β-unsaturated/α-hetero) is 1. The van der Waals surface area contributed by atoms with E-state index in [1.165, 1.54) is 18.3 Å². The minimum atomic E-state index is -1.10. The van der Waals surface area contributed by atoms with Crippen molar-refractivity contribution >= 4 is 34.2 Å². The summed E-state index contributed by atoms with van der Waals surface area (Å²) < 4.78 is 13.2. The van der Waals surface area contributed by atoms with Gasteiger partial charge in [-0.2, -0.15) is 0 Å². The second-order valence-corrected chi connectivity index (χ2v) is 7.40. The van der Waals surface area contributed by atoms with E-state index in [4.69, 9.17) is 16.7 Å². The van der Waals surface area contributed by atoms with Crippen LogP contribution >= 0.6 is 11.6 Å². The van der Waals surface area contributed by atoms with Gasteiger partial charge in [-0.15, -0.1) is 0 Å². The van der Waals surface area contributed by atoms with Crippen molar-refractivity contribution in [3.8, 4) is 0 Å². The lowest BCUT2D eigenvalue weighted by molar-refractivity contribution is -0.125. The second-order valence-electron chi connectivity index (χ2n) is 7.01. The van der Waals surface area contributed by atoms with Crippen LogP contribution in [0.15, 0.2) is 42.6 Å². The maximum atomic E-state index is 13.2. The molecule has 9 heteroatoms. The van der Waals surface area contributed by atoms with Crippen LogP contribution in [0, 0.1) is 11.7 Å². The molecule has 2 aromatic heterocycles. The molecule has 158 valence electrons. The van der Waals surface area contributed by atoms with E-state index in [2.05, 4.69) is 15.3 Å². The molecule has 0 spiro atoms. The lowest BCUT2D eigenvalue weighted by atomic mass is 9.92. The molecule has 0 aliphatic carbocycles. The van der Waals surface area contributed by atoms with E-state index in [0.29, 0.717) is 21.9 Å². The summed E-state index contributed by atoms with van der Waals surface area (Å²) in [6.45, 7) is -0.631. The highest BCUT2D eigenvalue weighted by molar-refractivity contribution is 6.30. The summed E-state index contributed by atoms with van der Waals surface area (Å²) in [5, 5.41) is 22.0. The Hall–Kier alpha value is -2.81. The zero-order valence-electron chi connectivity index (χ0n) is 15.9. The quantitative estimate of drug-likeness (QED) is 0.305. The van der Waals surface area contributed by atoms with Crippen LogP contribution in [0.25, 0.3) is 10.9 Å². The van der Waals surface area contributed by atoms with Crippen LogP contribution in [0.2, 0.25) is 5.15 Å². The normalized spacial score (nSPS) is 13.2. The first-order valence-electron chi connectivity index (χ1n) is 9.34. The fourth-order valence-electron chi connectivity index (χ4n) is 3.08. The van der Waals surface area contributed by atoms with Crippen molar-refractivity contribution in [1.29, 1.82) is 0 Å². The molecule has 0 fully saturated rings. The summed E-state index contributed by atoms with van der Waals surface area (Å²) in [6.07, 6.45) is 0.530. The third-order valence-corrected chi connectivity index (χ3v) is 4.90. The molecule has 2 atom stereocenters. The molecule has 0 saturated carbocycles. The number of hydrogen-bond donors (Lipinski definition) is 4. The molecular weight excluding hydrogens is 413 g/mol. The van der Waals surface area contributed by atoms with Crippen LogP contribution in [0.5, 0.6) is 0 Å². The molecule has 1 unspecified atom stereocenters. The third kappa shape index (κ3) is 5.63. The summed E-state index contributed by atoms with van der Waals surface area (Å²) in [4.78, 5) is 32.4. The Morgan fingerprint density at radius 1 is 1.23 bits per heavy atom. The average molecular weight is 434 g/mol. The zero-order valence-corrected chi connectivity index (χ0v) is 16.7. The molecule has 4 N–H and O–H groups in total. The highest BCUT2D eigenvalue weighted by Crippen LogP contribution is 2.21. The monoisotopic (exact) mass is 433 g/mol. The van der Waals surface area contributed by atoms with Gasteiger partial charge in [-0.05, 0) is 36.2 Å². The Morgan fingerprint density at radius 2 is 1.97 bits per heavy atom. The average Bonchev–Trinajstić information content (AvgIpc) is 3.16. The first-order chi connectivity index (χ1) is 14.4. The Bertz CT molecular complexity index is 1040. The largest absolute Gasteiger partial charge is 0.394 e. The van der Waals surface area contributed by atoms with Crippen molar-refractivity contribution in [2.75, 3.05) is 13.2 Å². The number of nitrogens with zero attached hydrogens (tertiary/aromatic N) is 1. The van der Waals surface area contributed by atoms with Gasteiger partial charge in [-0.3, -0.25) is 9.59 Å². The van der Waals surface area contributed by atoms with E-state index in [1.54, 1.807) is 24.3 Å². The van der Waals surface area contributed by atoms with Crippen molar-refractivity contribution in [1.82, 2.24) is 15.3 Å². The minimum absolute atomic E-state index is 0.105. The van der Waals surface area contributed by atoms with Crippen LogP contribution in [-0.2, 0) is 11.2 Å². The SMILES string of the molecule is O=C(C[C@@H](Cc1ccc(F)cc1)C(=O)NCC(O)CO)c1cc2cc(Cl)ncc2[nH]1. The number of aliphatic hydroxyl groups is 2. The second kappa shape index (κ2) is 9.80. The number of carbonyl (C=O) groups is 2. The Morgan fingerprint density at radius 3 is 2.67 bits per heavy atom. The molecular formula is C21H21ClFN3O4. The highest BCUT2D eigenvalue weighted by atomic mass is 35.5. The number of amides is 1. The van der Waals surface area contributed by atoms with Gasteiger partial charge in [-0.1, -0.05) is 23.7 Å². The number of fused-ring (bicyclic) bond motifs is 1. The number of H-pyrrole nitrogens is 1. The molecule has 0 aliphatic heterocycles. The highest BCUT2D eigenvalue weighted by Gasteiger charge is 2.24. The van der Waals surface area contributed by atoms with Crippen LogP contribution in [0.3, 0.4) is 0 Å². The molecule has 3 aromatic rings. The van der Waals surface area contributed by atoms with Gasteiger partial charge in [0.2, 0.25) is 5.91 Å². The van der Waals surface area contributed by atoms with E-state index < -0.39 is 30.4 Å². The summed E-state index contributed by atoms with van der Waals surface area (Å²) in [5.41, 5.74) is 1.66. The third-order valence-electron chi connectivity index (χ3n) is 4.69. The number of pyridine rings is 1. The maximum Gasteiger partial charge on any atom is 0.223 e. The number of nitrogens with one attached hydrogen (secondary N) is 2. The van der Waals surface area contributed by atoms with Crippen LogP contribution in [-0.4, -0.2) is 51.1 Å². The fourth-order valence-corrected chi connectivity index (χ4v) is 3.24. The summed E-state index contributed by atoms with van der Waals surface area (Å²) in [7, 11) is 0. The molecule has 0 bridgehead atoms. The molecule has 1 aromatic carbocycles. The summed E-state index contributed by atoms with van der Waals surface area (Å²) in [5.74, 6) is -1.87. The Labute approximate surface area is 176 Å². The number of aromatic nitrogens is 2. The van der Waals surface area contributed by atoms with Gasteiger partial charge in [0.1, 0.15) is 11.0 Å². The van der Waals surface area contributed by atoms with Crippen LogP contribution < -0.4 is 5.32 Å². The van der Waals surface area contributed by atoms with E-state index in [1.807, 2.05) is 0 Å². The van der Waals surface area contributed by atoms with E-state index >= 15 is 0 Å². The van der Waals surface area contributed by atoms with E-state index in [0.717, 1.165) is 5.39 Å². The van der Waals surface area contributed by atoms with Gasteiger partial charge >= 0.3 is 0 Å². The van der Waals surface area contributed by atoms with Gasteiger partial charge < -0.3 is 20.5 Å². The van der Waals surface area contributed by atoms with Crippen molar-refractivity contribution in [2.24, 2.45) is 5.92 Å². The van der Waals surface area contributed by atoms with Gasteiger partial charge in [0.05, 0.1) is 30.1 Å². The first kappa shape index (κ1) is 21.9. The molecule has 0 radical (unpaired) electrons. The number of halogens is 2. The summed E-state index contributed by atoms with van der Waals surface area (Å²) in [6, 6.07) is 8.96. The number of rotatable bonds is 9. The number of hydrogen-bond acceptors (Lipinski definition) is 5. The standard InChI is InChI=1S/C21H21ClFN3O4/c22-20-8-13-6-17(26-18(13)10-24-20)19(29)7-14(21(30)25-9-16(28)11-27)5-12-1-3-15(23)4-2-12/h1-4,6,8,10,14,16,26-28H,5,7,9,11H2,(H,25,30)/t14-,16?/m1/s1. The Kier molecular flexibility index (Phi) is 7.15. The number of aliphatic hydroxyl groups excluding tert-OH is 2.